The number of aryl methyl sites for hydroxylation is 3. The number of fused-ring (bicyclic) bond motifs is 2. The number of hydrogen-bond acceptors (Lipinski definition) is 5. The summed E-state index contributed by atoms with van der Waals surface area (Å²) in [4.78, 5) is 16.6. The lowest BCUT2D eigenvalue weighted by Crippen LogP contribution is -2.35. The minimum Gasteiger partial charge on any atom is -0.379 e. The summed E-state index contributed by atoms with van der Waals surface area (Å²) in [5, 5.41) is 9.58. The van der Waals surface area contributed by atoms with E-state index >= 15 is 0 Å². The molecular formula is C26H32N6O2. The molecule has 0 bridgehead atoms. The predicted octanol–water partition coefficient (Wildman–Crippen LogP) is 3.54. The van der Waals surface area contributed by atoms with Gasteiger partial charge in [0.15, 0.2) is 5.82 Å². The Morgan fingerprint density at radius 3 is 2.82 bits per heavy atom. The van der Waals surface area contributed by atoms with E-state index in [9.17, 15) is 4.79 Å². The molecule has 3 aliphatic rings. The summed E-state index contributed by atoms with van der Waals surface area (Å²) >= 11 is 0. The van der Waals surface area contributed by atoms with Gasteiger partial charge in [-0.1, -0.05) is 0 Å². The zero-order valence-corrected chi connectivity index (χ0v) is 20.3. The molecule has 2 aromatic heterocycles. The lowest BCUT2D eigenvalue weighted by atomic mass is 9.93. The maximum atomic E-state index is 12.2. The highest BCUT2D eigenvalue weighted by molar-refractivity contribution is 5.77. The second-order valence-electron chi connectivity index (χ2n) is 9.86. The molecule has 6 rings (SSSR count). The number of ether oxygens (including phenoxy) is 1. The number of rotatable bonds is 3. The van der Waals surface area contributed by atoms with Gasteiger partial charge in [0.25, 0.3) is 0 Å². The van der Waals surface area contributed by atoms with Crippen LogP contribution >= 0.6 is 0 Å². The number of carbonyl (C=O) groups is 1. The molecule has 0 N–H and O–H groups in total. The van der Waals surface area contributed by atoms with Gasteiger partial charge in [0.05, 0.1) is 25.4 Å². The average molecular weight is 461 g/mol. The fourth-order valence-corrected chi connectivity index (χ4v) is 5.76. The maximum absolute atomic E-state index is 12.2. The van der Waals surface area contributed by atoms with E-state index in [1.807, 2.05) is 22.8 Å². The van der Waals surface area contributed by atoms with E-state index in [0.717, 1.165) is 56.8 Å². The molecule has 0 aliphatic carbocycles. The second-order valence-corrected chi connectivity index (χ2v) is 9.86. The largest absolute Gasteiger partial charge is 0.379 e. The minimum absolute atomic E-state index is 0.129. The van der Waals surface area contributed by atoms with Crippen LogP contribution in [0.25, 0.3) is 11.1 Å². The molecule has 8 heteroatoms. The Hall–Kier alpha value is -3.13. The molecular weight excluding hydrogens is 428 g/mol. The zero-order chi connectivity index (χ0) is 23.4. The lowest BCUT2D eigenvalue weighted by Gasteiger charge is -2.33. The molecule has 0 saturated carbocycles. The Bertz CT molecular complexity index is 1250. The number of amides is 1. The van der Waals surface area contributed by atoms with Gasteiger partial charge in [0.2, 0.25) is 5.91 Å². The Balaban J connectivity index is 1.44. The van der Waals surface area contributed by atoms with Crippen LogP contribution in [0.5, 0.6) is 0 Å². The number of hydrogen-bond donors (Lipinski definition) is 0. The van der Waals surface area contributed by atoms with Crippen molar-refractivity contribution in [2.24, 2.45) is 7.05 Å². The van der Waals surface area contributed by atoms with Gasteiger partial charge in [0, 0.05) is 68.8 Å². The van der Waals surface area contributed by atoms with Crippen molar-refractivity contribution in [2.45, 2.75) is 52.1 Å². The van der Waals surface area contributed by atoms with Crippen molar-refractivity contribution in [1.29, 1.82) is 0 Å². The first-order valence-electron chi connectivity index (χ1n) is 12.3. The molecule has 0 spiro atoms. The van der Waals surface area contributed by atoms with Crippen molar-refractivity contribution in [3.05, 3.63) is 46.9 Å². The Morgan fingerprint density at radius 2 is 2.09 bits per heavy atom. The van der Waals surface area contributed by atoms with Crippen LogP contribution in [0, 0.1) is 6.92 Å². The molecule has 1 aromatic carbocycles. The third-order valence-corrected chi connectivity index (χ3v) is 7.58. The van der Waals surface area contributed by atoms with Gasteiger partial charge in [-0.3, -0.25) is 14.2 Å². The van der Waals surface area contributed by atoms with Crippen molar-refractivity contribution in [3.63, 3.8) is 0 Å². The molecule has 0 radical (unpaired) electrons. The summed E-state index contributed by atoms with van der Waals surface area (Å²) in [5.41, 5.74) is 8.71. The minimum atomic E-state index is 0.129. The number of carbonyl (C=O) groups excluding carboxylic acids is 1. The molecule has 1 fully saturated rings. The molecule has 0 unspecified atom stereocenters. The van der Waals surface area contributed by atoms with Gasteiger partial charge in [-0.2, -0.15) is 10.2 Å². The van der Waals surface area contributed by atoms with Crippen molar-refractivity contribution < 1.29 is 9.53 Å². The summed E-state index contributed by atoms with van der Waals surface area (Å²) in [5.74, 6) is 1.15. The quantitative estimate of drug-likeness (QED) is 0.598. The van der Waals surface area contributed by atoms with E-state index in [0.29, 0.717) is 13.2 Å². The highest BCUT2D eigenvalue weighted by Gasteiger charge is 2.34. The van der Waals surface area contributed by atoms with E-state index in [4.69, 9.17) is 9.84 Å². The molecule has 3 aliphatic heterocycles. The second kappa shape index (κ2) is 8.27. The van der Waals surface area contributed by atoms with Gasteiger partial charge < -0.3 is 14.5 Å². The SMILES string of the molecule is CC(=O)N1CCc2c(c(N3CCCc4cc(-c5cnn(C)c5)c(C)cc43)nn2[C@H]2CCOC2)C1. The monoisotopic (exact) mass is 460 g/mol. The standard InChI is InChI=1S/C26H32N6O2/c1-17-11-25-19(12-22(17)20-13-27-29(3)14-20)5-4-8-31(25)26-23-15-30(18(2)33)9-6-24(23)32(28-26)21-7-10-34-16-21/h11-14,21H,4-10,15-16H2,1-3H3/t21-/m0/s1. The highest BCUT2D eigenvalue weighted by atomic mass is 16.5. The first kappa shape index (κ1) is 21.4. The van der Waals surface area contributed by atoms with E-state index < -0.39 is 0 Å². The molecule has 8 nitrogen and oxygen atoms in total. The lowest BCUT2D eigenvalue weighted by molar-refractivity contribution is -0.129. The van der Waals surface area contributed by atoms with Crippen LogP contribution < -0.4 is 4.90 Å². The van der Waals surface area contributed by atoms with Gasteiger partial charge in [-0.05, 0) is 55.0 Å². The van der Waals surface area contributed by atoms with Gasteiger partial charge in [-0.15, -0.1) is 0 Å². The van der Waals surface area contributed by atoms with Gasteiger partial charge >= 0.3 is 0 Å². The average Bonchev–Trinajstić information content (AvgIpc) is 3.57. The first-order valence-corrected chi connectivity index (χ1v) is 12.3. The Labute approximate surface area is 200 Å². The van der Waals surface area contributed by atoms with Crippen molar-refractivity contribution in [1.82, 2.24) is 24.5 Å². The van der Waals surface area contributed by atoms with E-state index in [1.165, 1.54) is 33.6 Å². The molecule has 178 valence electrons. The van der Waals surface area contributed by atoms with Crippen molar-refractivity contribution >= 4 is 17.4 Å². The predicted molar refractivity (Wildman–Crippen MR) is 130 cm³/mol. The van der Waals surface area contributed by atoms with Gasteiger partial charge in [-0.25, -0.2) is 0 Å². The summed E-state index contributed by atoms with van der Waals surface area (Å²) in [6.07, 6.45) is 7.98. The molecule has 34 heavy (non-hydrogen) atoms. The zero-order valence-electron chi connectivity index (χ0n) is 20.3. The number of anilines is 2. The molecule has 5 heterocycles. The van der Waals surface area contributed by atoms with E-state index in [2.05, 4.69) is 39.9 Å². The van der Waals surface area contributed by atoms with Crippen LogP contribution in [0.15, 0.2) is 24.5 Å². The summed E-state index contributed by atoms with van der Waals surface area (Å²) in [7, 11) is 1.96. The number of benzene rings is 1. The third-order valence-electron chi connectivity index (χ3n) is 7.58. The molecule has 1 atom stereocenters. The first-order chi connectivity index (χ1) is 16.5. The molecule has 1 saturated heterocycles. The number of aromatic nitrogens is 4. The van der Waals surface area contributed by atoms with E-state index in [-0.39, 0.29) is 11.9 Å². The summed E-state index contributed by atoms with van der Waals surface area (Å²) < 4.78 is 9.78. The van der Waals surface area contributed by atoms with Crippen LogP contribution in [0.4, 0.5) is 11.5 Å². The van der Waals surface area contributed by atoms with Crippen LogP contribution in [0.3, 0.4) is 0 Å². The normalized spacial score (nSPS) is 19.9. The fourth-order valence-electron chi connectivity index (χ4n) is 5.76. The summed E-state index contributed by atoms with van der Waals surface area (Å²) in [6.45, 7) is 7.67. The third kappa shape index (κ3) is 3.52. The van der Waals surface area contributed by atoms with E-state index in [1.54, 1.807) is 6.92 Å². The van der Waals surface area contributed by atoms with Crippen LogP contribution in [0.1, 0.15) is 48.2 Å². The van der Waals surface area contributed by atoms with Crippen molar-refractivity contribution in [3.8, 4) is 11.1 Å². The molecule has 3 aromatic rings. The van der Waals surface area contributed by atoms with Crippen LogP contribution in [0.2, 0.25) is 0 Å². The Morgan fingerprint density at radius 1 is 1.21 bits per heavy atom. The van der Waals surface area contributed by atoms with Crippen LogP contribution in [-0.2, 0) is 36.0 Å². The van der Waals surface area contributed by atoms with Gasteiger partial charge in [0.1, 0.15) is 0 Å². The molecule has 1 amide bonds. The fraction of sp³-hybridized carbons (Fsp3) is 0.500. The van der Waals surface area contributed by atoms with Crippen LogP contribution in [-0.4, -0.2) is 56.7 Å². The topological polar surface area (TPSA) is 68.4 Å². The highest BCUT2D eigenvalue weighted by Crippen LogP contribution is 2.41. The summed E-state index contributed by atoms with van der Waals surface area (Å²) in [6, 6.07) is 4.93. The van der Waals surface area contributed by atoms with Crippen molar-refractivity contribution in [2.75, 3.05) is 31.2 Å². The maximum Gasteiger partial charge on any atom is 0.219 e. The smallest absolute Gasteiger partial charge is 0.219 e. The number of nitrogens with zero attached hydrogens (tertiary/aromatic N) is 6. The Kier molecular flexibility index (Phi) is 5.21.